The molecule has 1 heterocycles. The SMILES string of the molecule is CCN(CC1CNCCN1C)c1ccccc1. The molecular formula is C14H23N3. The van der Waals surface area contributed by atoms with E-state index in [0.717, 1.165) is 32.7 Å². The van der Waals surface area contributed by atoms with Crippen LogP contribution in [-0.4, -0.2) is 50.7 Å². The van der Waals surface area contributed by atoms with Crippen molar-refractivity contribution in [3.8, 4) is 0 Å². The van der Waals surface area contributed by atoms with Crippen LogP contribution in [0.15, 0.2) is 30.3 Å². The summed E-state index contributed by atoms with van der Waals surface area (Å²) in [4.78, 5) is 4.91. The highest BCUT2D eigenvalue weighted by atomic mass is 15.2. The number of rotatable bonds is 4. The number of para-hydroxylation sites is 1. The second-order valence-electron chi connectivity index (χ2n) is 4.71. The van der Waals surface area contributed by atoms with Gasteiger partial charge in [0, 0.05) is 44.5 Å². The molecule has 0 aromatic heterocycles. The minimum absolute atomic E-state index is 0.615. The average molecular weight is 233 g/mol. The third kappa shape index (κ3) is 3.20. The van der Waals surface area contributed by atoms with Crippen LogP contribution >= 0.6 is 0 Å². The Balaban J connectivity index is 1.99. The maximum atomic E-state index is 3.48. The molecule has 1 aromatic rings. The molecule has 2 rings (SSSR count). The van der Waals surface area contributed by atoms with E-state index in [1.807, 2.05) is 0 Å². The second kappa shape index (κ2) is 6.03. The van der Waals surface area contributed by atoms with Crippen LogP contribution in [0.3, 0.4) is 0 Å². The molecular weight excluding hydrogens is 210 g/mol. The van der Waals surface area contributed by atoms with Crippen molar-refractivity contribution in [3.63, 3.8) is 0 Å². The fraction of sp³-hybridized carbons (Fsp3) is 0.571. The Bertz CT molecular complexity index is 325. The van der Waals surface area contributed by atoms with E-state index < -0.39 is 0 Å². The number of nitrogens with one attached hydrogen (secondary N) is 1. The van der Waals surface area contributed by atoms with Gasteiger partial charge in [-0.25, -0.2) is 0 Å². The number of benzene rings is 1. The number of nitrogens with zero attached hydrogens (tertiary/aromatic N) is 2. The quantitative estimate of drug-likeness (QED) is 0.848. The Hall–Kier alpha value is -1.06. The highest BCUT2D eigenvalue weighted by Crippen LogP contribution is 2.14. The fourth-order valence-corrected chi connectivity index (χ4v) is 2.38. The molecule has 1 saturated heterocycles. The smallest absolute Gasteiger partial charge is 0.0393 e. The van der Waals surface area contributed by atoms with E-state index in [1.165, 1.54) is 5.69 Å². The van der Waals surface area contributed by atoms with E-state index in [4.69, 9.17) is 0 Å². The van der Waals surface area contributed by atoms with Gasteiger partial charge in [-0.05, 0) is 26.1 Å². The van der Waals surface area contributed by atoms with Gasteiger partial charge < -0.3 is 10.2 Å². The molecule has 0 saturated carbocycles. The first-order valence-electron chi connectivity index (χ1n) is 6.52. The van der Waals surface area contributed by atoms with E-state index in [2.05, 4.69) is 59.4 Å². The van der Waals surface area contributed by atoms with Crippen LogP contribution in [0.1, 0.15) is 6.92 Å². The van der Waals surface area contributed by atoms with Gasteiger partial charge in [-0.15, -0.1) is 0 Å². The zero-order valence-electron chi connectivity index (χ0n) is 10.9. The van der Waals surface area contributed by atoms with Crippen molar-refractivity contribution in [1.29, 1.82) is 0 Å². The van der Waals surface area contributed by atoms with Gasteiger partial charge in [0.2, 0.25) is 0 Å². The van der Waals surface area contributed by atoms with Crippen LogP contribution in [0.25, 0.3) is 0 Å². The van der Waals surface area contributed by atoms with Crippen LogP contribution in [0, 0.1) is 0 Å². The van der Waals surface area contributed by atoms with E-state index in [9.17, 15) is 0 Å². The van der Waals surface area contributed by atoms with Crippen molar-refractivity contribution in [3.05, 3.63) is 30.3 Å². The number of likely N-dealkylation sites (N-methyl/N-ethyl adjacent to an activating group) is 2. The highest BCUT2D eigenvalue weighted by Gasteiger charge is 2.20. The molecule has 0 spiro atoms. The molecule has 3 heteroatoms. The normalized spacial score (nSPS) is 21.4. The van der Waals surface area contributed by atoms with Crippen LogP contribution in [0.4, 0.5) is 5.69 Å². The molecule has 1 aliphatic rings. The summed E-state index contributed by atoms with van der Waals surface area (Å²) in [6.45, 7) is 7.75. The molecule has 0 bridgehead atoms. The second-order valence-corrected chi connectivity index (χ2v) is 4.71. The molecule has 1 aliphatic heterocycles. The molecule has 0 radical (unpaired) electrons. The summed E-state index contributed by atoms with van der Waals surface area (Å²) in [5.74, 6) is 0. The summed E-state index contributed by atoms with van der Waals surface area (Å²) in [5.41, 5.74) is 1.33. The Morgan fingerprint density at radius 1 is 1.35 bits per heavy atom. The Morgan fingerprint density at radius 3 is 2.76 bits per heavy atom. The first-order chi connectivity index (χ1) is 8.31. The lowest BCUT2D eigenvalue weighted by atomic mass is 10.1. The summed E-state index contributed by atoms with van der Waals surface area (Å²) >= 11 is 0. The topological polar surface area (TPSA) is 18.5 Å². The van der Waals surface area contributed by atoms with Crippen LogP contribution in [0.5, 0.6) is 0 Å². The Labute approximate surface area is 104 Å². The maximum Gasteiger partial charge on any atom is 0.0393 e. The molecule has 1 aromatic carbocycles. The highest BCUT2D eigenvalue weighted by molar-refractivity contribution is 5.46. The third-order valence-corrected chi connectivity index (χ3v) is 3.58. The molecule has 1 atom stereocenters. The zero-order chi connectivity index (χ0) is 12.1. The van der Waals surface area contributed by atoms with Gasteiger partial charge in [0.1, 0.15) is 0 Å². The van der Waals surface area contributed by atoms with Gasteiger partial charge in [-0.3, -0.25) is 4.90 Å². The first-order valence-corrected chi connectivity index (χ1v) is 6.52. The van der Waals surface area contributed by atoms with E-state index in [0.29, 0.717) is 6.04 Å². The minimum atomic E-state index is 0.615. The summed E-state index contributed by atoms with van der Waals surface area (Å²) in [6, 6.07) is 11.3. The van der Waals surface area contributed by atoms with Crippen molar-refractivity contribution in [2.75, 3.05) is 44.7 Å². The standard InChI is InChI=1S/C14H23N3/c1-3-17(13-7-5-4-6-8-13)12-14-11-15-9-10-16(14)2/h4-8,14-15H,3,9-12H2,1-2H3. The summed E-state index contributed by atoms with van der Waals surface area (Å²) in [6.07, 6.45) is 0. The van der Waals surface area contributed by atoms with Gasteiger partial charge >= 0.3 is 0 Å². The predicted molar refractivity (Wildman–Crippen MR) is 73.6 cm³/mol. The zero-order valence-corrected chi connectivity index (χ0v) is 10.9. The number of piperazine rings is 1. The molecule has 1 fully saturated rings. The summed E-state index contributed by atoms with van der Waals surface area (Å²) in [5, 5.41) is 3.48. The number of hydrogen-bond donors (Lipinski definition) is 1. The van der Waals surface area contributed by atoms with Crippen molar-refractivity contribution in [2.24, 2.45) is 0 Å². The van der Waals surface area contributed by atoms with E-state index in [-0.39, 0.29) is 0 Å². The summed E-state index contributed by atoms with van der Waals surface area (Å²) < 4.78 is 0. The van der Waals surface area contributed by atoms with Crippen LogP contribution in [-0.2, 0) is 0 Å². The average Bonchev–Trinajstić information content (AvgIpc) is 2.39. The lowest BCUT2D eigenvalue weighted by Gasteiger charge is -2.37. The van der Waals surface area contributed by atoms with Gasteiger partial charge in [-0.2, -0.15) is 0 Å². The largest absolute Gasteiger partial charge is 0.370 e. The van der Waals surface area contributed by atoms with Crippen molar-refractivity contribution in [2.45, 2.75) is 13.0 Å². The van der Waals surface area contributed by atoms with Gasteiger partial charge in [0.25, 0.3) is 0 Å². The predicted octanol–water partition coefficient (Wildman–Crippen LogP) is 1.42. The molecule has 1 N–H and O–H groups in total. The summed E-state index contributed by atoms with van der Waals surface area (Å²) in [7, 11) is 2.23. The Morgan fingerprint density at radius 2 is 2.12 bits per heavy atom. The first kappa shape index (κ1) is 12.4. The van der Waals surface area contributed by atoms with Crippen molar-refractivity contribution < 1.29 is 0 Å². The fourth-order valence-electron chi connectivity index (χ4n) is 2.38. The molecule has 0 aliphatic carbocycles. The van der Waals surface area contributed by atoms with Crippen LogP contribution in [0.2, 0.25) is 0 Å². The van der Waals surface area contributed by atoms with Gasteiger partial charge in [0.15, 0.2) is 0 Å². The van der Waals surface area contributed by atoms with Gasteiger partial charge in [0.05, 0.1) is 0 Å². The molecule has 1 unspecified atom stereocenters. The monoisotopic (exact) mass is 233 g/mol. The molecule has 3 nitrogen and oxygen atoms in total. The van der Waals surface area contributed by atoms with Crippen LogP contribution < -0.4 is 10.2 Å². The van der Waals surface area contributed by atoms with E-state index in [1.54, 1.807) is 0 Å². The van der Waals surface area contributed by atoms with Gasteiger partial charge in [-0.1, -0.05) is 18.2 Å². The molecule has 94 valence electrons. The molecule has 17 heavy (non-hydrogen) atoms. The lowest BCUT2D eigenvalue weighted by molar-refractivity contribution is 0.203. The number of anilines is 1. The number of hydrogen-bond acceptors (Lipinski definition) is 3. The van der Waals surface area contributed by atoms with Crippen molar-refractivity contribution >= 4 is 5.69 Å². The lowest BCUT2D eigenvalue weighted by Crippen LogP contribution is -2.54. The molecule has 0 amide bonds. The van der Waals surface area contributed by atoms with E-state index >= 15 is 0 Å². The van der Waals surface area contributed by atoms with Crippen molar-refractivity contribution in [1.82, 2.24) is 10.2 Å². The maximum absolute atomic E-state index is 3.48. The Kier molecular flexibility index (Phi) is 4.40. The third-order valence-electron chi connectivity index (χ3n) is 3.58. The minimum Gasteiger partial charge on any atom is -0.370 e.